The van der Waals surface area contributed by atoms with Crippen LogP contribution in [0.2, 0.25) is 0 Å². The van der Waals surface area contributed by atoms with Crippen LogP contribution in [0.4, 0.5) is 0 Å². The van der Waals surface area contributed by atoms with Crippen molar-refractivity contribution in [2.75, 3.05) is 0 Å². The molecule has 0 radical (unpaired) electrons. The van der Waals surface area contributed by atoms with Crippen LogP contribution in [0.5, 0.6) is 0 Å². The topological polar surface area (TPSA) is 57.5 Å². The third kappa shape index (κ3) is 2.74. The molecule has 0 unspecified atom stereocenters. The minimum Gasteiger partial charge on any atom is -0.320 e. The molecule has 0 aliphatic heterocycles. The van der Waals surface area contributed by atoms with E-state index >= 15 is 0 Å². The second-order valence-electron chi connectivity index (χ2n) is 3.82. The standard InChI is InChI=1S/C12H9O3PS3/c13-16(14,15)12-6-5-11(19-12)10-4-3-9(18-10)8-2-1-7-17-8/h1-7H,(H2,13,14,15). The molecule has 19 heavy (non-hydrogen) atoms. The Balaban J connectivity index is 1.95. The molecule has 0 atom stereocenters. The summed E-state index contributed by atoms with van der Waals surface area (Å²) in [6.07, 6.45) is 0. The Bertz CT molecular complexity index is 736. The minimum atomic E-state index is -4.13. The highest BCUT2D eigenvalue weighted by atomic mass is 32.1. The van der Waals surface area contributed by atoms with Gasteiger partial charge >= 0.3 is 7.60 Å². The largest absolute Gasteiger partial charge is 0.366 e. The highest BCUT2D eigenvalue weighted by Gasteiger charge is 2.20. The van der Waals surface area contributed by atoms with E-state index in [0.29, 0.717) is 0 Å². The predicted molar refractivity (Wildman–Crippen MR) is 82.6 cm³/mol. The molecule has 2 N–H and O–H groups in total. The summed E-state index contributed by atoms with van der Waals surface area (Å²) in [4.78, 5) is 22.6. The molecule has 0 saturated heterocycles. The first-order chi connectivity index (χ1) is 9.04. The Kier molecular flexibility index (Phi) is 3.47. The van der Waals surface area contributed by atoms with Crippen molar-refractivity contribution in [3.63, 3.8) is 0 Å². The van der Waals surface area contributed by atoms with Gasteiger partial charge in [-0.1, -0.05) is 6.07 Å². The fourth-order valence-electron chi connectivity index (χ4n) is 1.64. The molecule has 0 saturated carbocycles. The van der Waals surface area contributed by atoms with Crippen molar-refractivity contribution in [1.82, 2.24) is 0 Å². The van der Waals surface area contributed by atoms with Crippen molar-refractivity contribution in [1.29, 1.82) is 0 Å². The van der Waals surface area contributed by atoms with Crippen LogP contribution >= 0.6 is 41.6 Å². The molecule has 3 heterocycles. The molecule has 0 aromatic carbocycles. The van der Waals surface area contributed by atoms with Gasteiger partial charge in [-0.2, -0.15) is 0 Å². The van der Waals surface area contributed by atoms with Crippen LogP contribution in [0.3, 0.4) is 0 Å². The Morgan fingerprint density at radius 3 is 2.05 bits per heavy atom. The summed E-state index contributed by atoms with van der Waals surface area (Å²) in [6.45, 7) is 0. The van der Waals surface area contributed by atoms with E-state index in [1.165, 1.54) is 15.8 Å². The second-order valence-corrected chi connectivity index (χ2v) is 8.81. The summed E-state index contributed by atoms with van der Waals surface area (Å²) in [5.41, 5.74) is 0. The summed E-state index contributed by atoms with van der Waals surface area (Å²) in [5.74, 6) is 0. The van der Waals surface area contributed by atoms with Gasteiger partial charge in [0.05, 0.1) is 0 Å². The molecule has 0 spiro atoms. The van der Waals surface area contributed by atoms with Gasteiger partial charge in [0.15, 0.2) is 0 Å². The molecule has 3 aromatic heterocycles. The lowest BCUT2D eigenvalue weighted by atomic mass is 10.3. The van der Waals surface area contributed by atoms with Gasteiger partial charge in [-0.3, -0.25) is 4.57 Å². The van der Waals surface area contributed by atoms with Crippen molar-refractivity contribution < 1.29 is 14.4 Å². The number of thiophene rings is 3. The number of hydrogen-bond acceptors (Lipinski definition) is 4. The van der Waals surface area contributed by atoms with Gasteiger partial charge in [0.2, 0.25) is 0 Å². The maximum absolute atomic E-state index is 11.2. The molecule has 98 valence electrons. The highest BCUT2D eigenvalue weighted by molar-refractivity contribution is 7.67. The summed E-state index contributed by atoms with van der Waals surface area (Å²) in [6, 6.07) is 11.4. The van der Waals surface area contributed by atoms with E-state index in [-0.39, 0.29) is 4.62 Å². The van der Waals surface area contributed by atoms with Crippen LogP contribution in [-0.2, 0) is 4.57 Å². The fourth-order valence-corrected chi connectivity index (χ4v) is 5.35. The van der Waals surface area contributed by atoms with E-state index in [1.807, 2.05) is 23.6 Å². The van der Waals surface area contributed by atoms with Crippen molar-refractivity contribution in [2.24, 2.45) is 0 Å². The third-order valence-electron chi connectivity index (χ3n) is 2.49. The molecule has 3 nitrogen and oxygen atoms in total. The summed E-state index contributed by atoms with van der Waals surface area (Å²) < 4.78 is 11.3. The maximum Gasteiger partial charge on any atom is 0.366 e. The van der Waals surface area contributed by atoms with Gasteiger partial charge in [0.25, 0.3) is 0 Å². The van der Waals surface area contributed by atoms with Crippen LogP contribution in [0.1, 0.15) is 0 Å². The first-order valence-electron chi connectivity index (χ1n) is 5.34. The molecule has 7 heteroatoms. The quantitative estimate of drug-likeness (QED) is 0.714. The second kappa shape index (κ2) is 4.98. The normalized spacial score (nSPS) is 11.9. The lowest BCUT2D eigenvalue weighted by molar-refractivity contribution is 0.388. The molecular weight excluding hydrogens is 319 g/mol. The number of hydrogen-bond donors (Lipinski definition) is 2. The van der Waals surface area contributed by atoms with Crippen molar-refractivity contribution in [3.05, 3.63) is 41.8 Å². The smallest absolute Gasteiger partial charge is 0.320 e. The molecule has 3 aromatic rings. The third-order valence-corrected chi connectivity index (χ3v) is 7.44. The van der Waals surface area contributed by atoms with Gasteiger partial charge in [-0.15, -0.1) is 34.0 Å². The average Bonchev–Trinajstić information content (AvgIpc) is 3.10. The van der Waals surface area contributed by atoms with Gasteiger partial charge in [0, 0.05) is 19.5 Å². The van der Waals surface area contributed by atoms with Crippen molar-refractivity contribution >= 4 is 46.2 Å². The van der Waals surface area contributed by atoms with Crippen molar-refractivity contribution in [3.8, 4) is 19.5 Å². The van der Waals surface area contributed by atoms with E-state index in [0.717, 1.165) is 21.1 Å². The van der Waals surface area contributed by atoms with Gasteiger partial charge < -0.3 is 9.79 Å². The van der Waals surface area contributed by atoms with E-state index in [4.69, 9.17) is 9.79 Å². The molecular formula is C12H9O3PS3. The zero-order chi connectivity index (χ0) is 13.5. The molecule has 0 aliphatic rings. The summed E-state index contributed by atoms with van der Waals surface area (Å²) >= 11 is 4.47. The molecule has 0 fully saturated rings. The lowest BCUT2D eigenvalue weighted by Crippen LogP contribution is -1.94. The van der Waals surface area contributed by atoms with Crippen LogP contribution in [0.25, 0.3) is 19.5 Å². The van der Waals surface area contributed by atoms with Crippen molar-refractivity contribution in [2.45, 2.75) is 0 Å². The SMILES string of the molecule is O=P(O)(O)c1ccc(-c2ccc(-c3cccs3)s2)s1. The molecule has 0 aliphatic carbocycles. The zero-order valence-corrected chi connectivity index (χ0v) is 12.9. The lowest BCUT2D eigenvalue weighted by Gasteiger charge is -1.97. The van der Waals surface area contributed by atoms with Crippen LogP contribution in [0, 0.1) is 0 Å². The van der Waals surface area contributed by atoms with Gasteiger partial charge in [0.1, 0.15) is 4.62 Å². The Labute approximate surface area is 122 Å². The Hall–Kier alpha value is -0.750. The Morgan fingerprint density at radius 1 is 0.842 bits per heavy atom. The van der Waals surface area contributed by atoms with Crippen LogP contribution in [-0.4, -0.2) is 9.79 Å². The fraction of sp³-hybridized carbons (Fsp3) is 0. The van der Waals surface area contributed by atoms with E-state index in [2.05, 4.69) is 6.07 Å². The van der Waals surface area contributed by atoms with E-state index in [9.17, 15) is 4.57 Å². The van der Waals surface area contributed by atoms with E-state index < -0.39 is 7.60 Å². The number of rotatable bonds is 3. The molecule has 0 amide bonds. The van der Waals surface area contributed by atoms with E-state index in [1.54, 1.807) is 28.7 Å². The molecule has 3 rings (SSSR count). The predicted octanol–water partition coefficient (Wildman–Crippen LogP) is 4.01. The minimum absolute atomic E-state index is 0.119. The van der Waals surface area contributed by atoms with Crippen LogP contribution < -0.4 is 4.62 Å². The van der Waals surface area contributed by atoms with Gasteiger partial charge in [-0.25, -0.2) is 0 Å². The zero-order valence-electron chi connectivity index (χ0n) is 9.52. The first kappa shape index (κ1) is 13.2. The maximum atomic E-state index is 11.2. The average molecular weight is 328 g/mol. The summed E-state index contributed by atoms with van der Waals surface area (Å²) in [7, 11) is -4.13. The highest BCUT2D eigenvalue weighted by Crippen LogP contribution is 2.42. The summed E-state index contributed by atoms with van der Waals surface area (Å²) in [5, 5.41) is 2.03. The monoisotopic (exact) mass is 328 g/mol. The first-order valence-corrected chi connectivity index (χ1v) is 9.46. The molecule has 0 bridgehead atoms. The Morgan fingerprint density at radius 2 is 1.47 bits per heavy atom. The van der Waals surface area contributed by atoms with Crippen LogP contribution in [0.15, 0.2) is 41.8 Å². The van der Waals surface area contributed by atoms with Gasteiger partial charge in [-0.05, 0) is 35.7 Å².